The minimum absolute atomic E-state index is 0.153. The summed E-state index contributed by atoms with van der Waals surface area (Å²) in [5, 5.41) is 2.35. The Morgan fingerprint density at radius 1 is 0.750 bits per heavy atom. The molecule has 1 atom stereocenters. The molecule has 0 saturated carbocycles. The van der Waals surface area contributed by atoms with E-state index in [0.717, 1.165) is 18.2 Å². The summed E-state index contributed by atoms with van der Waals surface area (Å²) >= 11 is 0. The Balaban J connectivity index is 1.40. The van der Waals surface area contributed by atoms with Crippen molar-refractivity contribution in [3.05, 3.63) is 114 Å². The minimum atomic E-state index is -0.494. The van der Waals surface area contributed by atoms with Crippen LogP contribution in [0.15, 0.2) is 97.1 Å². The molecule has 0 N–H and O–H groups in total. The molecule has 2 nitrogen and oxygen atoms in total. The largest absolute Gasteiger partial charge is 0.455 e. The topological polar surface area (TPSA) is 26.3 Å². The summed E-state index contributed by atoms with van der Waals surface area (Å²) in [6, 6.07) is 33.6. The van der Waals surface area contributed by atoms with Gasteiger partial charge in [0.05, 0.1) is 5.56 Å². The van der Waals surface area contributed by atoms with E-state index in [1.165, 1.54) is 30.8 Å². The van der Waals surface area contributed by atoms with Crippen LogP contribution < -0.4 is 0 Å². The lowest BCUT2D eigenvalue weighted by Gasteiger charge is -2.24. The van der Waals surface area contributed by atoms with E-state index in [1.54, 1.807) is 0 Å². The number of carbonyl (C=O) groups excluding carboxylic acids is 1. The number of thiophene rings is 1. The van der Waals surface area contributed by atoms with Crippen LogP contribution in [0, 0.1) is 0 Å². The number of carbonyl (C=O) groups is 1. The fourth-order valence-corrected chi connectivity index (χ4v) is 7.35. The number of ether oxygens (including phenoxy) is 1. The van der Waals surface area contributed by atoms with Crippen LogP contribution >= 0.6 is 10.5 Å². The molecule has 0 spiro atoms. The van der Waals surface area contributed by atoms with Crippen LogP contribution in [0.4, 0.5) is 0 Å². The molecular weight excluding hydrogens is 412 g/mol. The fourth-order valence-electron chi connectivity index (χ4n) is 4.97. The van der Waals surface area contributed by atoms with E-state index in [4.69, 9.17) is 4.74 Å². The lowest BCUT2D eigenvalue weighted by atomic mass is 10.0. The minimum Gasteiger partial charge on any atom is -0.455 e. The Kier molecular flexibility index (Phi) is 4.41. The SMILES string of the molecule is CC1(OC(=O)c2ccc3c(c2)c2ccccc2[s+]3-c2ccccc2)Cc2ccccc2C1. The molecule has 0 saturated heterocycles. The van der Waals surface area contributed by atoms with Crippen LogP contribution in [-0.2, 0) is 17.6 Å². The molecule has 3 heteroatoms. The monoisotopic (exact) mass is 435 g/mol. The van der Waals surface area contributed by atoms with Crippen molar-refractivity contribution in [2.45, 2.75) is 25.4 Å². The highest BCUT2D eigenvalue weighted by atomic mass is 32.2. The summed E-state index contributed by atoms with van der Waals surface area (Å²) in [5.41, 5.74) is 2.68. The molecule has 1 aliphatic carbocycles. The van der Waals surface area contributed by atoms with Gasteiger partial charge < -0.3 is 4.74 Å². The average molecular weight is 436 g/mol. The van der Waals surface area contributed by atoms with Gasteiger partial charge >= 0.3 is 5.97 Å². The molecule has 1 aliphatic rings. The van der Waals surface area contributed by atoms with Crippen LogP contribution in [0.2, 0.25) is 0 Å². The van der Waals surface area contributed by atoms with Crippen LogP contribution in [-0.4, -0.2) is 11.6 Å². The smallest absolute Gasteiger partial charge is 0.338 e. The van der Waals surface area contributed by atoms with Crippen molar-refractivity contribution in [3.63, 3.8) is 0 Å². The first-order valence-electron chi connectivity index (χ1n) is 10.9. The van der Waals surface area contributed by atoms with Gasteiger partial charge in [-0.3, -0.25) is 0 Å². The third kappa shape index (κ3) is 3.12. The van der Waals surface area contributed by atoms with Gasteiger partial charge in [-0.2, -0.15) is 0 Å². The molecule has 6 rings (SSSR count). The zero-order valence-corrected chi connectivity index (χ0v) is 18.7. The van der Waals surface area contributed by atoms with Gasteiger partial charge in [-0.05, 0) is 60.5 Å². The Labute approximate surface area is 190 Å². The third-order valence-electron chi connectivity index (χ3n) is 6.40. The van der Waals surface area contributed by atoms with Gasteiger partial charge in [-0.25, -0.2) is 4.79 Å². The van der Waals surface area contributed by atoms with Gasteiger partial charge in [0.1, 0.15) is 5.60 Å². The molecule has 0 fully saturated rings. The van der Waals surface area contributed by atoms with Gasteiger partial charge in [-0.15, -0.1) is 0 Å². The number of hydrogen-bond acceptors (Lipinski definition) is 2. The average Bonchev–Trinajstić information content (AvgIpc) is 3.33. The van der Waals surface area contributed by atoms with Crippen molar-refractivity contribution < 1.29 is 9.53 Å². The number of hydrogen-bond donors (Lipinski definition) is 0. The number of benzene rings is 4. The third-order valence-corrected chi connectivity index (χ3v) is 8.73. The molecule has 1 aromatic heterocycles. The lowest BCUT2D eigenvalue weighted by Crippen LogP contribution is -2.32. The van der Waals surface area contributed by atoms with Gasteiger partial charge in [0.15, 0.2) is 14.3 Å². The second-order valence-corrected chi connectivity index (χ2v) is 10.8. The Bertz CT molecular complexity index is 1450. The van der Waals surface area contributed by atoms with E-state index in [1.807, 2.05) is 31.2 Å². The van der Waals surface area contributed by atoms with Crippen LogP contribution in [0.3, 0.4) is 0 Å². The summed E-state index contributed by atoms with van der Waals surface area (Å²) in [6.07, 6.45) is 1.53. The molecule has 32 heavy (non-hydrogen) atoms. The highest BCUT2D eigenvalue weighted by Crippen LogP contribution is 2.48. The van der Waals surface area contributed by atoms with Crippen molar-refractivity contribution in [2.75, 3.05) is 0 Å². The predicted molar refractivity (Wildman–Crippen MR) is 133 cm³/mol. The Hall–Kier alpha value is -3.43. The summed E-state index contributed by atoms with van der Waals surface area (Å²) in [6.45, 7) is 2.04. The van der Waals surface area contributed by atoms with Crippen molar-refractivity contribution in [2.24, 2.45) is 0 Å². The van der Waals surface area contributed by atoms with Crippen molar-refractivity contribution in [1.29, 1.82) is 0 Å². The molecule has 4 aromatic carbocycles. The van der Waals surface area contributed by atoms with Crippen molar-refractivity contribution >= 4 is 36.6 Å². The van der Waals surface area contributed by atoms with Crippen molar-refractivity contribution in [3.8, 4) is 4.90 Å². The summed E-state index contributed by atoms with van der Waals surface area (Å²) in [5.74, 6) is -0.243. The number of fused-ring (bicyclic) bond motifs is 4. The Morgan fingerprint density at radius 3 is 2.12 bits per heavy atom. The quantitative estimate of drug-likeness (QED) is 0.217. The summed E-state index contributed by atoms with van der Waals surface area (Å²) < 4.78 is 8.68. The normalized spacial score (nSPS) is 15.1. The van der Waals surface area contributed by atoms with E-state index in [9.17, 15) is 4.79 Å². The van der Waals surface area contributed by atoms with Crippen LogP contribution in [0.25, 0.3) is 25.1 Å². The number of esters is 1. The van der Waals surface area contributed by atoms with Gasteiger partial charge in [0, 0.05) is 34.1 Å². The molecular formula is C29H23O2S+. The van der Waals surface area contributed by atoms with Crippen LogP contribution in [0.1, 0.15) is 28.4 Å². The first-order chi connectivity index (χ1) is 15.6. The molecule has 0 radical (unpaired) electrons. The zero-order valence-electron chi connectivity index (χ0n) is 17.9. The predicted octanol–water partition coefficient (Wildman–Crippen LogP) is 7.45. The molecule has 1 heterocycles. The maximum absolute atomic E-state index is 13.2. The van der Waals surface area contributed by atoms with Gasteiger partial charge in [0.2, 0.25) is 0 Å². The van der Waals surface area contributed by atoms with E-state index in [2.05, 4.69) is 72.8 Å². The van der Waals surface area contributed by atoms with E-state index in [0.29, 0.717) is 5.56 Å². The standard InChI is InChI=1S/C29H23O2S/c1-29(18-21-9-5-6-10-22(21)19-29)31-28(30)20-15-16-27-25(17-20)24-13-7-8-14-26(24)32(27)23-11-3-2-4-12-23/h2-17H,18-19H2,1H3/q+1. The summed E-state index contributed by atoms with van der Waals surface area (Å²) in [7, 11) is -0.153. The highest BCUT2D eigenvalue weighted by molar-refractivity contribution is 7.50. The first-order valence-corrected chi connectivity index (χ1v) is 12.2. The molecule has 0 amide bonds. The van der Waals surface area contributed by atoms with E-state index < -0.39 is 5.60 Å². The lowest BCUT2D eigenvalue weighted by molar-refractivity contribution is -0.00451. The van der Waals surface area contributed by atoms with E-state index >= 15 is 0 Å². The maximum Gasteiger partial charge on any atom is 0.338 e. The molecule has 0 aliphatic heterocycles. The number of rotatable bonds is 3. The second kappa shape index (κ2) is 7.32. The first kappa shape index (κ1) is 19.3. The summed E-state index contributed by atoms with van der Waals surface area (Å²) in [4.78, 5) is 14.5. The van der Waals surface area contributed by atoms with Crippen LogP contribution in [0.5, 0.6) is 0 Å². The molecule has 156 valence electrons. The van der Waals surface area contributed by atoms with Gasteiger partial charge in [0.25, 0.3) is 0 Å². The zero-order chi connectivity index (χ0) is 21.7. The molecule has 0 bridgehead atoms. The molecule has 5 aromatic rings. The molecule has 1 unspecified atom stereocenters. The van der Waals surface area contributed by atoms with Gasteiger partial charge in [-0.1, -0.05) is 54.6 Å². The van der Waals surface area contributed by atoms with Crippen molar-refractivity contribution in [1.82, 2.24) is 0 Å². The fraction of sp³-hybridized carbons (Fsp3) is 0.138. The second-order valence-electron chi connectivity index (χ2n) is 8.79. The maximum atomic E-state index is 13.2. The highest BCUT2D eigenvalue weighted by Gasteiger charge is 2.36. The Morgan fingerprint density at radius 2 is 1.38 bits per heavy atom. The van der Waals surface area contributed by atoms with E-state index in [-0.39, 0.29) is 16.4 Å².